The lowest BCUT2D eigenvalue weighted by atomic mass is 9.96. The van der Waals surface area contributed by atoms with Crippen LogP contribution in [0.1, 0.15) is 44.9 Å². The Balaban J connectivity index is 0.00000192. The fourth-order valence-corrected chi connectivity index (χ4v) is 3.76. The maximum absolute atomic E-state index is 12.3. The summed E-state index contributed by atoms with van der Waals surface area (Å²) in [6.07, 6.45) is 7.99. The van der Waals surface area contributed by atoms with Gasteiger partial charge in [-0.3, -0.25) is 4.79 Å². The van der Waals surface area contributed by atoms with Gasteiger partial charge in [0.1, 0.15) is 0 Å². The summed E-state index contributed by atoms with van der Waals surface area (Å²) in [4.78, 5) is 28.4. The quantitative estimate of drug-likeness (QED) is 0.794. The zero-order valence-electron chi connectivity index (χ0n) is 13.8. The molecule has 1 unspecified atom stereocenters. The Hall–Kier alpha value is -1.01. The van der Waals surface area contributed by atoms with Crippen molar-refractivity contribution in [2.75, 3.05) is 32.7 Å². The number of rotatable bonds is 2. The predicted molar refractivity (Wildman–Crippen MR) is 91.8 cm³/mol. The largest absolute Gasteiger partial charge is 0.338 e. The van der Waals surface area contributed by atoms with E-state index in [2.05, 4.69) is 10.6 Å². The summed E-state index contributed by atoms with van der Waals surface area (Å²) in [5.41, 5.74) is 0. The molecule has 2 heterocycles. The molecule has 3 rings (SSSR count). The van der Waals surface area contributed by atoms with Crippen LogP contribution in [-0.2, 0) is 4.79 Å². The third kappa shape index (κ3) is 4.73. The Bertz CT molecular complexity index is 401. The van der Waals surface area contributed by atoms with Crippen LogP contribution in [0.15, 0.2) is 0 Å². The van der Waals surface area contributed by atoms with Crippen molar-refractivity contribution >= 4 is 24.3 Å². The molecule has 0 radical (unpaired) electrons. The number of nitrogens with one attached hydrogen (secondary N) is 2. The maximum Gasteiger partial charge on any atom is 0.317 e. The summed E-state index contributed by atoms with van der Waals surface area (Å²) < 4.78 is 0. The molecule has 3 aliphatic rings. The van der Waals surface area contributed by atoms with Gasteiger partial charge < -0.3 is 20.4 Å². The van der Waals surface area contributed by atoms with Crippen molar-refractivity contribution in [3.8, 4) is 0 Å². The zero-order chi connectivity index (χ0) is 15.4. The topological polar surface area (TPSA) is 64.7 Å². The minimum absolute atomic E-state index is 0. The summed E-state index contributed by atoms with van der Waals surface area (Å²) in [7, 11) is 0. The van der Waals surface area contributed by atoms with Crippen molar-refractivity contribution in [2.24, 2.45) is 0 Å². The molecule has 132 valence electrons. The van der Waals surface area contributed by atoms with Gasteiger partial charge in [0.15, 0.2) is 0 Å². The van der Waals surface area contributed by atoms with Gasteiger partial charge in [0.25, 0.3) is 0 Å². The second-order valence-corrected chi connectivity index (χ2v) is 6.75. The second kappa shape index (κ2) is 8.73. The van der Waals surface area contributed by atoms with Crippen molar-refractivity contribution in [1.29, 1.82) is 0 Å². The number of amides is 3. The molecule has 2 N–H and O–H groups in total. The van der Waals surface area contributed by atoms with Gasteiger partial charge in [0, 0.05) is 32.2 Å². The Kier molecular flexibility index (Phi) is 6.96. The first-order valence-corrected chi connectivity index (χ1v) is 8.81. The van der Waals surface area contributed by atoms with E-state index in [4.69, 9.17) is 0 Å². The third-order valence-corrected chi connectivity index (χ3v) is 5.17. The van der Waals surface area contributed by atoms with E-state index in [0.29, 0.717) is 32.2 Å². The highest BCUT2D eigenvalue weighted by molar-refractivity contribution is 5.85. The van der Waals surface area contributed by atoms with Crippen molar-refractivity contribution in [3.05, 3.63) is 0 Å². The average molecular weight is 345 g/mol. The van der Waals surface area contributed by atoms with Crippen LogP contribution in [-0.4, -0.2) is 66.5 Å². The standard InChI is InChI=1S/C16H28N4O2.ClH/c21-15(14-7-4-8-17-14)19-9-11-20(12-10-19)16(22)18-13-5-2-1-3-6-13;/h13-14,17H,1-12H2,(H,18,22);1H. The van der Waals surface area contributed by atoms with Crippen LogP contribution in [0, 0.1) is 0 Å². The molecule has 6 nitrogen and oxygen atoms in total. The molecule has 0 aromatic carbocycles. The number of hydrogen-bond acceptors (Lipinski definition) is 3. The van der Waals surface area contributed by atoms with E-state index in [1.54, 1.807) is 0 Å². The molecule has 23 heavy (non-hydrogen) atoms. The van der Waals surface area contributed by atoms with Gasteiger partial charge in [-0.1, -0.05) is 19.3 Å². The van der Waals surface area contributed by atoms with Gasteiger partial charge in [-0.05, 0) is 32.2 Å². The van der Waals surface area contributed by atoms with Crippen molar-refractivity contribution < 1.29 is 9.59 Å². The monoisotopic (exact) mass is 344 g/mol. The molecule has 0 aromatic heterocycles. The number of nitrogens with zero attached hydrogens (tertiary/aromatic N) is 2. The number of urea groups is 1. The molecule has 1 atom stereocenters. The lowest BCUT2D eigenvalue weighted by Gasteiger charge is -2.37. The first-order chi connectivity index (χ1) is 10.7. The van der Waals surface area contributed by atoms with E-state index in [0.717, 1.165) is 32.2 Å². The molecule has 0 spiro atoms. The zero-order valence-corrected chi connectivity index (χ0v) is 14.6. The third-order valence-electron chi connectivity index (χ3n) is 5.17. The molecule has 2 saturated heterocycles. The van der Waals surface area contributed by atoms with Gasteiger partial charge in [-0.15, -0.1) is 12.4 Å². The first-order valence-electron chi connectivity index (χ1n) is 8.81. The van der Waals surface area contributed by atoms with E-state index in [-0.39, 0.29) is 30.4 Å². The van der Waals surface area contributed by atoms with Crippen LogP contribution in [0.5, 0.6) is 0 Å². The summed E-state index contributed by atoms with van der Waals surface area (Å²) in [6, 6.07) is 0.407. The van der Waals surface area contributed by atoms with E-state index < -0.39 is 0 Å². The molecular formula is C16H29ClN4O2. The van der Waals surface area contributed by atoms with Crippen molar-refractivity contribution in [3.63, 3.8) is 0 Å². The highest BCUT2D eigenvalue weighted by Gasteiger charge is 2.30. The molecular weight excluding hydrogens is 316 g/mol. The summed E-state index contributed by atoms with van der Waals surface area (Å²) in [5, 5.41) is 6.42. The Labute approximate surface area is 144 Å². The van der Waals surface area contributed by atoms with Crippen LogP contribution in [0.25, 0.3) is 0 Å². The van der Waals surface area contributed by atoms with Crippen molar-refractivity contribution in [1.82, 2.24) is 20.4 Å². The van der Waals surface area contributed by atoms with Gasteiger partial charge in [-0.2, -0.15) is 0 Å². The number of piperazine rings is 1. The van der Waals surface area contributed by atoms with Crippen LogP contribution in [0.4, 0.5) is 4.79 Å². The van der Waals surface area contributed by atoms with E-state index in [1.807, 2.05) is 9.80 Å². The molecule has 0 aromatic rings. The fraction of sp³-hybridized carbons (Fsp3) is 0.875. The van der Waals surface area contributed by atoms with Crippen LogP contribution >= 0.6 is 12.4 Å². The maximum atomic E-state index is 12.3. The number of halogens is 1. The highest BCUT2D eigenvalue weighted by Crippen LogP contribution is 2.18. The van der Waals surface area contributed by atoms with Crippen LogP contribution < -0.4 is 10.6 Å². The van der Waals surface area contributed by atoms with Crippen LogP contribution in [0.2, 0.25) is 0 Å². The number of carbonyl (C=O) groups excluding carboxylic acids is 2. The van der Waals surface area contributed by atoms with E-state index in [1.165, 1.54) is 19.3 Å². The van der Waals surface area contributed by atoms with Gasteiger partial charge in [0.05, 0.1) is 6.04 Å². The van der Waals surface area contributed by atoms with Gasteiger partial charge in [-0.25, -0.2) is 4.79 Å². The summed E-state index contributed by atoms with van der Waals surface area (Å²) >= 11 is 0. The van der Waals surface area contributed by atoms with Gasteiger partial charge in [0.2, 0.25) is 5.91 Å². The molecule has 2 aliphatic heterocycles. The van der Waals surface area contributed by atoms with Gasteiger partial charge >= 0.3 is 6.03 Å². The minimum atomic E-state index is 0. The lowest BCUT2D eigenvalue weighted by Crippen LogP contribution is -2.56. The normalized spacial score (nSPS) is 25.8. The average Bonchev–Trinajstić information content (AvgIpc) is 3.10. The lowest BCUT2D eigenvalue weighted by molar-refractivity contribution is -0.134. The minimum Gasteiger partial charge on any atom is -0.338 e. The SMILES string of the molecule is Cl.O=C(NC1CCCCC1)N1CCN(C(=O)C2CCCN2)CC1. The van der Waals surface area contributed by atoms with E-state index >= 15 is 0 Å². The molecule has 3 amide bonds. The van der Waals surface area contributed by atoms with E-state index in [9.17, 15) is 9.59 Å². The smallest absolute Gasteiger partial charge is 0.317 e. The molecule has 3 fully saturated rings. The van der Waals surface area contributed by atoms with Crippen molar-refractivity contribution in [2.45, 2.75) is 57.0 Å². The number of carbonyl (C=O) groups is 2. The summed E-state index contributed by atoms with van der Waals surface area (Å²) in [6.45, 7) is 3.57. The molecule has 7 heteroatoms. The predicted octanol–water partition coefficient (Wildman–Crippen LogP) is 1.35. The molecule has 1 saturated carbocycles. The highest BCUT2D eigenvalue weighted by atomic mass is 35.5. The first kappa shape index (κ1) is 18.3. The Morgan fingerprint density at radius 1 is 0.870 bits per heavy atom. The Morgan fingerprint density at radius 2 is 1.52 bits per heavy atom. The Morgan fingerprint density at radius 3 is 2.13 bits per heavy atom. The summed E-state index contributed by atoms with van der Waals surface area (Å²) in [5.74, 6) is 0.213. The fourth-order valence-electron chi connectivity index (χ4n) is 3.76. The molecule has 1 aliphatic carbocycles. The number of hydrogen-bond donors (Lipinski definition) is 2. The second-order valence-electron chi connectivity index (χ2n) is 6.75. The molecule has 0 bridgehead atoms. The van der Waals surface area contributed by atoms with Crippen LogP contribution in [0.3, 0.4) is 0 Å².